The maximum atomic E-state index is 13.3. The number of halogens is 1. The first-order valence-electron chi connectivity index (χ1n) is 6.50. The molecule has 0 aliphatic rings. The number of ether oxygens (including phenoxy) is 1. The molecule has 122 valence electrons. The molecule has 2 aromatic carbocycles. The van der Waals surface area contributed by atoms with Crippen molar-refractivity contribution in [1.29, 1.82) is 0 Å². The topological polar surface area (TPSA) is 98.5 Å². The third-order valence-electron chi connectivity index (χ3n) is 3.17. The fourth-order valence-electron chi connectivity index (χ4n) is 1.94. The Labute approximate surface area is 133 Å². The molecule has 0 aliphatic heterocycles. The summed E-state index contributed by atoms with van der Waals surface area (Å²) < 4.78 is 41.2. The zero-order valence-corrected chi connectivity index (χ0v) is 13.3. The maximum Gasteiger partial charge on any atom is 0.255 e. The van der Waals surface area contributed by atoms with Crippen LogP contribution in [0.5, 0.6) is 5.75 Å². The lowest BCUT2D eigenvalue weighted by atomic mass is 10.1. The van der Waals surface area contributed by atoms with Crippen LogP contribution in [0.25, 0.3) is 0 Å². The van der Waals surface area contributed by atoms with Crippen LogP contribution in [0.4, 0.5) is 10.1 Å². The summed E-state index contributed by atoms with van der Waals surface area (Å²) in [5, 5.41) is 7.60. The van der Waals surface area contributed by atoms with Gasteiger partial charge in [-0.3, -0.25) is 4.79 Å². The van der Waals surface area contributed by atoms with Crippen molar-refractivity contribution in [2.24, 2.45) is 5.14 Å². The minimum atomic E-state index is -3.92. The van der Waals surface area contributed by atoms with Crippen molar-refractivity contribution in [3.05, 3.63) is 53.3 Å². The lowest BCUT2D eigenvalue weighted by molar-refractivity contribution is 0.102. The van der Waals surface area contributed by atoms with Crippen molar-refractivity contribution < 1.29 is 22.3 Å². The van der Waals surface area contributed by atoms with Crippen LogP contribution in [0.1, 0.15) is 15.9 Å². The minimum absolute atomic E-state index is 0.144. The van der Waals surface area contributed by atoms with Gasteiger partial charge in [-0.05, 0) is 48.9 Å². The molecule has 0 unspecified atom stereocenters. The van der Waals surface area contributed by atoms with E-state index in [0.29, 0.717) is 5.56 Å². The molecule has 0 spiro atoms. The Bertz CT molecular complexity index is 866. The molecular formula is C15H15FN2O4S. The molecule has 1 amide bonds. The number of primary sulfonamides is 1. The summed E-state index contributed by atoms with van der Waals surface area (Å²) in [7, 11) is -2.54. The highest BCUT2D eigenvalue weighted by molar-refractivity contribution is 7.89. The zero-order valence-electron chi connectivity index (χ0n) is 12.5. The Morgan fingerprint density at radius 1 is 1.22 bits per heavy atom. The molecule has 0 fully saturated rings. The van der Waals surface area contributed by atoms with E-state index in [1.807, 2.05) is 0 Å². The Balaban J connectivity index is 2.37. The smallest absolute Gasteiger partial charge is 0.255 e. The normalized spacial score (nSPS) is 11.1. The van der Waals surface area contributed by atoms with Crippen molar-refractivity contribution in [3.63, 3.8) is 0 Å². The van der Waals surface area contributed by atoms with Gasteiger partial charge < -0.3 is 10.1 Å². The summed E-state index contributed by atoms with van der Waals surface area (Å²) in [4.78, 5) is 12.1. The molecule has 0 radical (unpaired) electrons. The van der Waals surface area contributed by atoms with Gasteiger partial charge in [0.15, 0.2) is 0 Å². The number of anilines is 1. The first-order valence-corrected chi connectivity index (χ1v) is 8.05. The summed E-state index contributed by atoms with van der Waals surface area (Å²) in [6.07, 6.45) is 0. The third kappa shape index (κ3) is 3.85. The second-order valence-corrected chi connectivity index (χ2v) is 6.39. The van der Waals surface area contributed by atoms with E-state index in [-0.39, 0.29) is 21.9 Å². The number of carbonyl (C=O) groups is 1. The summed E-state index contributed by atoms with van der Waals surface area (Å²) >= 11 is 0. The van der Waals surface area contributed by atoms with E-state index >= 15 is 0 Å². The number of methoxy groups -OCH3 is 1. The number of carbonyl (C=O) groups excluding carboxylic acids is 1. The van der Waals surface area contributed by atoms with Gasteiger partial charge in [0.05, 0.1) is 17.7 Å². The first-order chi connectivity index (χ1) is 10.7. The molecular weight excluding hydrogens is 323 g/mol. The molecule has 0 aliphatic carbocycles. The monoisotopic (exact) mass is 338 g/mol. The highest BCUT2D eigenvalue weighted by Gasteiger charge is 2.15. The van der Waals surface area contributed by atoms with Crippen LogP contribution in [0.3, 0.4) is 0 Å². The highest BCUT2D eigenvalue weighted by Crippen LogP contribution is 2.27. The fraction of sp³-hybridized carbons (Fsp3) is 0.133. The van der Waals surface area contributed by atoms with Crippen LogP contribution in [-0.4, -0.2) is 21.4 Å². The Hall–Kier alpha value is -2.45. The molecule has 3 N–H and O–H groups in total. The third-order valence-corrected chi connectivity index (χ3v) is 4.08. The molecule has 0 saturated heterocycles. The number of aryl methyl sites for hydroxylation is 1. The van der Waals surface area contributed by atoms with Crippen molar-refractivity contribution >= 4 is 21.6 Å². The zero-order chi connectivity index (χ0) is 17.2. The quantitative estimate of drug-likeness (QED) is 0.891. The molecule has 23 heavy (non-hydrogen) atoms. The second-order valence-electron chi connectivity index (χ2n) is 4.83. The van der Waals surface area contributed by atoms with Gasteiger partial charge in [0.25, 0.3) is 5.91 Å². The molecule has 8 heteroatoms. The maximum absolute atomic E-state index is 13.3. The predicted molar refractivity (Wildman–Crippen MR) is 83.5 cm³/mol. The van der Waals surface area contributed by atoms with Gasteiger partial charge in [-0.1, -0.05) is 0 Å². The number of nitrogens with two attached hydrogens (primary N) is 1. The van der Waals surface area contributed by atoms with Gasteiger partial charge in [0.2, 0.25) is 10.0 Å². The highest BCUT2D eigenvalue weighted by atomic mass is 32.2. The lowest BCUT2D eigenvalue weighted by Gasteiger charge is -2.12. The number of sulfonamides is 1. The molecule has 0 atom stereocenters. The van der Waals surface area contributed by atoms with Crippen molar-refractivity contribution in [2.75, 3.05) is 12.4 Å². The summed E-state index contributed by atoms with van der Waals surface area (Å²) in [5.41, 5.74) is 0.695. The lowest BCUT2D eigenvalue weighted by Crippen LogP contribution is -2.15. The largest absolute Gasteiger partial charge is 0.495 e. The molecule has 2 aromatic rings. The van der Waals surface area contributed by atoms with E-state index in [9.17, 15) is 17.6 Å². The fourth-order valence-corrected chi connectivity index (χ4v) is 2.48. The van der Waals surface area contributed by atoms with E-state index in [1.165, 1.54) is 50.4 Å². The van der Waals surface area contributed by atoms with E-state index < -0.39 is 21.7 Å². The summed E-state index contributed by atoms with van der Waals surface area (Å²) in [6.45, 7) is 1.54. The Kier molecular flexibility index (Phi) is 4.67. The van der Waals surface area contributed by atoms with Gasteiger partial charge in [-0.15, -0.1) is 0 Å². The average molecular weight is 338 g/mol. The van der Waals surface area contributed by atoms with Crippen molar-refractivity contribution in [2.45, 2.75) is 11.8 Å². The predicted octanol–water partition coefficient (Wildman–Crippen LogP) is 2.04. The van der Waals surface area contributed by atoms with Crippen molar-refractivity contribution in [1.82, 2.24) is 0 Å². The van der Waals surface area contributed by atoms with E-state index in [1.54, 1.807) is 0 Å². The van der Waals surface area contributed by atoms with Gasteiger partial charge in [-0.25, -0.2) is 17.9 Å². The molecule has 2 rings (SSSR count). The SMILES string of the molecule is COc1ccc(S(N)(=O)=O)cc1NC(=O)c1ccc(F)c(C)c1. The van der Waals surface area contributed by atoms with E-state index in [4.69, 9.17) is 9.88 Å². The summed E-state index contributed by atoms with van der Waals surface area (Å²) in [5.74, 6) is -0.682. The molecule has 6 nitrogen and oxygen atoms in total. The number of rotatable bonds is 4. The summed E-state index contributed by atoms with van der Waals surface area (Å²) in [6, 6.07) is 7.75. The van der Waals surface area contributed by atoms with Crippen LogP contribution in [0, 0.1) is 12.7 Å². The van der Waals surface area contributed by atoms with E-state index in [0.717, 1.165) is 0 Å². The van der Waals surface area contributed by atoms with Crippen LogP contribution >= 0.6 is 0 Å². The van der Waals surface area contributed by atoms with Gasteiger partial charge in [-0.2, -0.15) is 0 Å². The average Bonchev–Trinajstić information content (AvgIpc) is 2.49. The number of amides is 1. The number of nitrogens with one attached hydrogen (secondary N) is 1. The van der Waals surface area contributed by atoms with Gasteiger partial charge in [0.1, 0.15) is 11.6 Å². The molecule has 0 heterocycles. The van der Waals surface area contributed by atoms with Crippen LogP contribution in [-0.2, 0) is 10.0 Å². The van der Waals surface area contributed by atoms with Crippen LogP contribution in [0.2, 0.25) is 0 Å². The van der Waals surface area contributed by atoms with E-state index in [2.05, 4.69) is 5.32 Å². The second kappa shape index (κ2) is 6.35. The van der Waals surface area contributed by atoms with Gasteiger partial charge >= 0.3 is 0 Å². The van der Waals surface area contributed by atoms with Crippen molar-refractivity contribution in [3.8, 4) is 5.75 Å². The minimum Gasteiger partial charge on any atom is -0.495 e. The molecule has 0 bridgehead atoms. The van der Waals surface area contributed by atoms with Crippen LogP contribution < -0.4 is 15.2 Å². The standard InChI is InChI=1S/C15H15FN2O4S/c1-9-7-10(3-5-12(9)16)15(19)18-13-8-11(23(17,20)21)4-6-14(13)22-2/h3-8H,1-2H3,(H,18,19)(H2,17,20,21). The first kappa shape index (κ1) is 16.9. The van der Waals surface area contributed by atoms with Crippen LogP contribution in [0.15, 0.2) is 41.3 Å². The Morgan fingerprint density at radius 3 is 2.48 bits per heavy atom. The molecule has 0 aromatic heterocycles. The molecule has 0 saturated carbocycles. The number of hydrogen-bond donors (Lipinski definition) is 2. The van der Waals surface area contributed by atoms with Gasteiger partial charge in [0, 0.05) is 5.56 Å². The number of benzene rings is 2. The Morgan fingerprint density at radius 2 is 1.91 bits per heavy atom. The number of hydrogen-bond acceptors (Lipinski definition) is 4.